The fraction of sp³-hybridized carbons (Fsp3) is 0.571. The first-order valence-corrected chi connectivity index (χ1v) is 6.85. The van der Waals surface area contributed by atoms with Crippen molar-refractivity contribution < 1.29 is 9.84 Å². The van der Waals surface area contributed by atoms with Crippen molar-refractivity contribution in [3.8, 4) is 0 Å². The van der Waals surface area contributed by atoms with Crippen LogP contribution in [0.5, 0.6) is 0 Å². The van der Waals surface area contributed by atoms with Crippen molar-refractivity contribution in [1.29, 1.82) is 0 Å². The minimum atomic E-state index is -0.495. The molecule has 1 saturated carbocycles. The monoisotopic (exact) mass is 269 g/mol. The highest BCUT2D eigenvalue weighted by Crippen LogP contribution is 2.28. The van der Waals surface area contributed by atoms with Crippen molar-refractivity contribution in [3.05, 3.63) is 34.9 Å². The lowest BCUT2D eigenvalue weighted by Crippen LogP contribution is -2.25. The van der Waals surface area contributed by atoms with Gasteiger partial charge in [0.05, 0.1) is 12.7 Å². The largest absolute Gasteiger partial charge is 0.387 e. The summed E-state index contributed by atoms with van der Waals surface area (Å²) in [6.07, 6.45) is 2.15. The van der Waals surface area contributed by atoms with E-state index in [4.69, 9.17) is 16.3 Å². The van der Waals surface area contributed by atoms with E-state index in [2.05, 4.69) is 5.32 Å². The second-order valence-corrected chi connectivity index (χ2v) is 5.23. The third-order valence-corrected chi connectivity index (χ3v) is 3.32. The van der Waals surface area contributed by atoms with Crippen LogP contribution in [0.2, 0.25) is 5.02 Å². The molecule has 18 heavy (non-hydrogen) atoms. The molecule has 1 atom stereocenters. The van der Waals surface area contributed by atoms with Gasteiger partial charge in [-0.1, -0.05) is 23.7 Å². The molecule has 4 heteroatoms. The van der Waals surface area contributed by atoms with Crippen LogP contribution in [0.15, 0.2) is 24.3 Å². The Labute approximate surface area is 113 Å². The number of rotatable bonds is 8. The standard InChI is InChI=1S/C14H20ClNO2/c15-13-5-3-12(4-6-13)14(17)9-16-7-8-18-10-11-1-2-11/h3-6,11,14,16-17H,1-2,7-10H2. The third kappa shape index (κ3) is 4.94. The average Bonchev–Trinajstić information content (AvgIpc) is 3.18. The molecule has 1 aliphatic rings. The first-order chi connectivity index (χ1) is 8.75. The van der Waals surface area contributed by atoms with Gasteiger partial charge in [-0.25, -0.2) is 0 Å². The fourth-order valence-electron chi connectivity index (χ4n) is 1.72. The average molecular weight is 270 g/mol. The molecule has 1 fully saturated rings. The van der Waals surface area contributed by atoms with Gasteiger partial charge in [-0.2, -0.15) is 0 Å². The van der Waals surface area contributed by atoms with Crippen LogP contribution in [0.3, 0.4) is 0 Å². The van der Waals surface area contributed by atoms with Crippen LogP contribution in [0.1, 0.15) is 24.5 Å². The van der Waals surface area contributed by atoms with Crippen molar-refractivity contribution in [2.24, 2.45) is 5.92 Å². The van der Waals surface area contributed by atoms with Crippen LogP contribution in [0.4, 0.5) is 0 Å². The van der Waals surface area contributed by atoms with Crippen LogP contribution in [0, 0.1) is 5.92 Å². The molecular formula is C14H20ClNO2. The van der Waals surface area contributed by atoms with E-state index in [1.165, 1.54) is 12.8 Å². The topological polar surface area (TPSA) is 41.5 Å². The van der Waals surface area contributed by atoms with E-state index in [-0.39, 0.29) is 0 Å². The van der Waals surface area contributed by atoms with E-state index < -0.39 is 6.10 Å². The predicted molar refractivity (Wildman–Crippen MR) is 72.8 cm³/mol. The van der Waals surface area contributed by atoms with E-state index in [9.17, 15) is 5.11 Å². The molecule has 0 bridgehead atoms. The maximum absolute atomic E-state index is 9.92. The minimum absolute atomic E-state index is 0.495. The second kappa shape index (κ2) is 7.10. The molecule has 1 aromatic rings. The van der Waals surface area contributed by atoms with E-state index in [0.29, 0.717) is 18.2 Å². The summed E-state index contributed by atoms with van der Waals surface area (Å²) in [6, 6.07) is 7.27. The van der Waals surface area contributed by atoms with Gasteiger partial charge >= 0.3 is 0 Å². The summed E-state index contributed by atoms with van der Waals surface area (Å²) in [5.74, 6) is 0.810. The molecule has 0 radical (unpaired) electrons. The van der Waals surface area contributed by atoms with Crippen molar-refractivity contribution in [1.82, 2.24) is 5.32 Å². The molecule has 1 aromatic carbocycles. The molecule has 1 unspecified atom stereocenters. The molecule has 1 aliphatic carbocycles. The number of hydrogen-bond acceptors (Lipinski definition) is 3. The Hall–Kier alpha value is -0.610. The maximum Gasteiger partial charge on any atom is 0.0914 e. The van der Waals surface area contributed by atoms with E-state index in [1.54, 1.807) is 12.1 Å². The van der Waals surface area contributed by atoms with Crippen molar-refractivity contribution >= 4 is 11.6 Å². The summed E-state index contributed by atoms with van der Waals surface area (Å²) < 4.78 is 5.50. The lowest BCUT2D eigenvalue weighted by atomic mass is 10.1. The molecule has 0 aliphatic heterocycles. The highest BCUT2D eigenvalue weighted by atomic mass is 35.5. The van der Waals surface area contributed by atoms with Crippen LogP contribution < -0.4 is 5.32 Å². The fourth-order valence-corrected chi connectivity index (χ4v) is 1.85. The molecule has 0 aromatic heterocycles. The van der Waals surface area contributed by atoms with Gasteiger partial charge < -0.3 is 15.2 Å². The van der Waals surface area contributed by atoms with Crippen LogP contribution in [-0.4, -0.2) is 31.4 Å². The molecule has 0 spiro atoms. The number of nitrogens with one attached hydrogen (secondary N) is 1. The van der Waals surface area contributed by atoms with Gasteiger partial charge in [-0.3, -0.25) is 0 Å². The number of halogens is 1. The Morgan fingerprint density at radius 1 is 1.33 bits per heavy atom. The third-order valence-electron chi connectivity index (χ3n) is 3.07. The van der Waals surface area contributed by atoms with Crippen LogP contribution >= 0.6 is 11.6 Å². The zero-order valence-electron chi connectivity index (χ0n) is 10.4. The normalized spacial score (nSPS) is 16.8. The Balaban J connectivity index is 1.56. The number of aliphatic hydroxyl groups excluding tert-OH is 1. The van der Waals surface area contributed by atoms with Gasteiger partial charge in [0.25, 0.3) is 0 Å². The Bertz CT molecular complexity index is 351. The molecule has 0 amide bonds. The van der Waals surface area contributed by atoms with Crippen molar-refractivity contribution in [2.45, 2.75) is 18.9 Å². The summed E-state index contributed by atoms with van der Waals surface area (Å²) in [6.45, 7) is 2.91. The molecule has 3 nitrogen and oxygen atoms in total. The molecule has 0 saturated heterocycles. The summed E-state index contributed by atoms with van der Waals surface area (Å²) in [7, 11) is 0. The predicted octanol–water partition coefficient (Wildman–Crippen LogP) is 2.39. The van der Waals surface area contributed by atoms with Gasteiger partial charge in [0.1, 0.15) is 0 Å². The summed E-state index contributed by atoms with van der Waals surface area (Å²) in [5, 5.41) is 13.8. The Morgan fingerprint density at radius 2 is 2.06 bits per heavy atom. The Morgan fingerprint density at radius 3 is 2.72 bits per heavy atom. The molecule has 0 heterocycles. The SMILES string of the molecule is OC(CNCCOCC1CC1)c1ccc(Cl)cc1. The molecular weight excluding hydrogens is 250 g/mol. The number of aliphatic hydroxyl groups is 1. The zero-order chi connectivity index (χ0) is 12.8. The molecule has 100 valence electrons. The lowest BCUT2D eigenvalue weighted by Gasteiger charge is -2.12. The Kier molecular flexibility index (Phi) is 5.45. The van der Waals surface area contributed by atoms with E-state index in [0.717, 1.165) is 24.6 Å². The van der Waals surface area contributed by atoms with E-state index >= 15 is 0 Å². The number of ether oxygens (including phenoxy) is 1. The summed E-state index contributed by atoms with van der Waals surface area (Å²) >= 11 is 5.79. The van der Waals surface area contributed by atoms with Gasteiger partial charge in [-0.05, 0) is 36.5 Å². The minimum Gasteiger partial charge on any atom is -0.387 e. The van der Waals surface area contributed by atoms with Crippen LogP contribution in [-0.2, 0) is 4.74 Å². The van der Waals surface area contributed by atoms with Gasteiger partial charge in [-0.15, -0.1) is 0 Å². The van der Waals surface area contributed by atoms with Crippen molar-refractivity contribution in [3.63, 3.8) is 0 Å². The number of hydrogen-bond donors (Lipinski definition) is 2. The van der Waals surface area contributed by atoms with Gasteiger partial charge in [0.2, 0.25) is 0 Å². The first kappa shape index (κ1) is 13.8. The van der Waals surface area contributed by atoms with Gasteiger partial charge in [0.15, 0.2) is 0 Å². The van der Waals surface area contributed by atoms with Gasteiger partial charge in [0, 0.05) is 24.7 Å². The zero-order valence-corrected chi connectivity index (χ0v) is 11.2. The molecule has 2 N–H and O–H groups in total. The summed E-state index contributed by atoms with van der Waals surface area (Å²) in [4.78, 5) is 0. The second-order valence-electron chi connectivity index (χ2n) is 4.79. The lowest BCUT2D eigenvalue weighted by molar-refractivity contribution is 0.119. The quantitative estimate of drug-likeness (QED) is 0.712. The highest BCUT2D eigenvalue weighted by Gasteiger charge is 2.20. The smallest absolute Gasteiger partial charge is 0.0914 e. The highest BCUT2D eigenvalue weighted by molar-refractivity contribution is 6.30. The molecule has 2 rings (SSSR count). The van der Waals surface area contributed by atoms with E-state index in [1.807, 2.05) is 12.1 Å². The maximum atomic E-state index is 9.92. The summed E-state index contributed by atoms with van der Waals surface area (Å²) in [5.41, 5.74) is 0.880. The number of benzene rings is 1. The first-order valence-electron chi connectivity index (χ1n) is 6.47. The van der Waals surface area contributed by atoms with Crippen LogP contribution in [0.25, 0.3) is 0 Å². The van der Waals surface area contributed by atoms with Crippen molar-refractivity contribution in [2.75, 3.05) is 26.3 Å².